The molecule has 1 atom stereocenters. The van der Waals surface area contributed by atoms with E-state index in [1.165, 1.54) is 6.07 Å². The molecule has 13 heteroatoms. The molecule has 10 nitrogen and oxygen atoms in total. The van der Waals surface area contributed by atoms with Crippen LogP contribution in [-0.4, -0.2) is 45.8 Å². The first kappa shape index (κ1) is 24.9. The van der Waals surface area contributed by atoms with Gasteiger partial charge >= 0.3 is 5.97 Å². The number of aryl methyl sites for hydroxylation is 2. The number of aromatic nitrogens is 7. The number of H-pyrrole nitrogens is 1. The molecular formula is C24H19Cl2N7O3S. The van der Waals surface area contributed by atoms with Crippen LogP contribution < -0.4 is 5.56 Å². The summed E-state index contributed by atoms with van der Waals surface area (Å²) in [7, 11) is 0. The third-order valence-corrected chi connectivity index (χ3v) is 7.63. The van der Waals surface area contributed by atoms with Crippen molar-refractivity contribution in [2.75, 3.05) is 0 Å². The van der Waals surface area contributed by atoms with Crippen molar-refractivity contribution in [1.29, 1.82) is 0 Å². The predicted octanol–water partition coefficient (Wildman–Crippen LogP) is 4.56. The number of aromatic amines is 1. The highest BCUT2D eigenvalue weighted by atomic mass is 35.5. The van der Waals surface area contributed by atoms with Gasteiger partial charge < -0.3 is 14.7 Å². The van der Waals surface area contributed by atoms with Gasteiger partial charge in [0.2, 0.25) is 0 Å². The Bertz CT molecular complexity index is 1690. The van der Waals surface area contributed by atoms with Crippen LogP contribution in [0.4, 0.5) is 0 Å². The molecule has 0 spiro atoms. The third-order valence-electron chi connectivity index (χ3n) is 6.26. The van der Waals surface area contributed by atoms with Gasteiger partial charge in [-0.15, -0.1) is 28.8 Å². The molecular weight excluding hydrogens is 537 g/mol. The van der Waals surface area contributed by atoms with Crippen molar-refractivity contribution in [2.45, 2.75) is 25.8 Å². The highest BCUT2D eigenvalue weighted by molar-refractivity contribution is 7.17. The van der Waals surface area contributed by atoms with Gasteiger partial charge in [-0.2, -0.15) is 4.68 Å². The number of hydrogen-bond acceptors (Lipinski definition) is 7. The highest BCUT2D eigenvalue weighted by Crippen LogP contribution is 2.36. The van der Waals surface area contributed by atoms with Crippen LogP contribution in [0.25, 0.3) is 27.4 Å². The van der Waals surface area contributed by atoms with Gasteiger partial charge in [-0.3, -0.25) is 4.79 Å². The summed E-state index contributed by atoms with van der Waals surface area (Å²) in [6.45, 7) is 1.83. The number of nitrogens with zero attached hydrogens (tertiary/aromatic N) is 6. The molecule has 0 radical (unpaired) electrons. The average Bonchev–Trinajstić information content (AvgIpc) is 3.65. The van der Waals surface area contributed by atoms with Crippen LogP contribution in [0.1, 0.15) is 39.5 Å². The molecule has 0 fully saturated rings. The summed E-state index contributed by atoms with van der Waals surface area (Å²) >= 11 is 7.51. The first-order valence-corrected chi connectivity index (χ1v) is 12.3. The Kier molecular flexibility index (Phi) is 6.44. The van der Waals surface area contributed by atoms with E-state index in [4.69, 9.17) is 11.6 Å². The Hall–Kier alpha value is -3.80. The molecule has 0 saturated carbocycles. The lowest BCUT2D eigenvalue weighted by molar-refractivity contribution is 0.0702. The van der Waals surface area contributed by atoms with E-state index < -0.39 is 5.97 Å². The molecule has 2 N–H and O–H groups in total. The van der Waals surface area contributed by atoms with Crippen LogP contribution >= 0.6 is 35.3 Å². The standard InChI is InChI=1S/C24H18ClN7O3S.ClH/c1-12-28-29-30-32(12)15-4-2-13(3-5-15)14-10-16-6-7-17(31(16)20(33)11-14)23-26-21(22(25)27-23)18-8-9-19(36-18)24(34)35;/h2-5,8-11,17H,6-7H2,1H3,(H,26,27)(H,34,35);1H. The Balaban J connectivity index is 0.00000280. The van der Waals surface area contributed by atoms with E-state index in [9.17, 15) is 14.7 Å². The SMILES string of the molecule is Cc1nnnn1-c1ccc(-c2cc3n(c(=O)c2)C(c2nc(Cl)c(-c4ccc(C(=O)O)s4)[nH]2)CC3)cc1.Cl. The maximum atomic E-state index is 13.2. The number of nitrogens with one attached hydrogen (secondary N) is 1. The van der Waals surface area contributed by atoms with Crippen molar-refractivity contribution in [1.82, 2.24) is 34.7 Å². The molecule has 0 saturated heterocycles. The third kappa shape index (κ3) is 4.35. The number of hydrogen-bond donors (Lipinski definition) is 2. The molecule has 0 aliphatic carbocycles. The maximum Gasteiger partial charge on any atom is 0.345 e. The number of thiophene rings is 1. The summed E-state index contributed by atoms with van der Waals surface area (Å²) in [5.74, 6) is 0.275. The van der Waals surface area contributed by atoms with Gasteiger partial charge in [0.25, 0.3) is 5.56 Å². The molecule has 5 heterocycles. The summed E-state index contributed by atoms with van der Waals surface area (Å²) < 4.78 is 3.39. The maximum absolute atomic E-state index is 13.2. The van der Waals surface area contributed by atoms with Gasteiger partial charge in [-0.25, -0.2) is 9.78 Å². The molecule has 4 aromatic heterocycles. The monoisotopic (exact) mass is 555 g/mol. The second-order valence-corrected chi connectivity index (χ2v) is 9.88. The number of benzene rings is 1. The molecule has 0 bridgehead atoms. The second-order valence-electron chi connectivity index (χ2n) is 8.44. The topological polar surface area (TPSA) is 132 Å². The lowest BCUT2D eigenvalue weighted by Gasteiger charge is -2.13. The summed E-state index contributed by atoms with van der Waals surface area (Å²) in [4.78, 5) is 33.1. The zero-order chi connectivity index (χ0) is 25.0. The van der Waals surface area contributed by atoms with Crippen molar-refractivity contribution in [2.24, 2.45) is 0 Å². The molecule has 6 rings (SSSR count). The molecule has 188 valence electrons. The molecule has 1 aliphatic heterocycles. The highest BCUT2D eigenvalue weighted by Gasteiger charge is 2.29. The fourth-order valence-corrected chi connectivity index (χ4v) is 5.71. The Labute approximate surface area is 225 Å². The Morgan fingerprint density at radius 3 is 2.62 bits per heavy atom. The van der Waals surface area contributed by atoms with Crippen molar-refractivity contribution < 1.29 is 9.90 Å². The van der Waals surface area contributed by atoms with Crippen LogP contribution in [0.2, 0.25) is 5.15 Å². The summed E-state index contributed by atoms with van der Waals surface area (Å²) in [5.41, 5.74) is 3.95. The molecule has 1 aromatic carbocycles. The van der Waals surface area contributed by atoms with Gasteiger partial charge in [0.15, 0.2) is 11.0 Å². The van der Waals surface area contributed by atoms with Crippen LogP contribution in [0.3, 0.4) is 0 Å². The average molecular weight is 556 g/mol. The van der Waals surface area contributed by atoms with Crippen LogP contribution in [0.15, 0.2) is 53.3 Å². The fraction of sp³-hybridized carbons (Fsp3) is 0.167. The number of carboxylic acid groups (broad SMARTS) is 1. The predicted molar refractivity (Wildman–Crippen MR) is 141 cm³/mol. The van der Waals surface area contributed by atoms with E-state index in [0.717, 1.165) is 33.8 Å². The van der Waals surface area contributed by atoms with Gasteiger partial charge in [0, 0.05) is 11.8 Å². The number of imidazole rings is 1. The summed E-state index contributed by atoms with van der Waals surface area (Å²) in [5, 5.41) is 21.0. The first-order valence-electron chi connectivity index (χ1n) is 11.1. The number of halogens is 2. The minimum atomic E-state index is -0.991. The lowest BCUT2D eigenvalue weighted by atomic mass is 10.1. The Morgan fingerprint density at radius 1 is 1.16 bits per heavy atom. The van der Waals surface area contributed by atoms with E-state index >= 15 is 0 Å². The van der Waals surface area contributed by atoms with Crippen molar-refractivity contribution >= 4 is 41.3 Å². The van der Waals surface area contributed by atoms with E-state index in [-0.39, 0.29) is 34.0 Å². The summed E-state index contributed by atoms with van der Waals surface area (Å²) in [6, 6.07) is 14.3. The van der Waals surface area contributed by atoms with E-state index in [1.807, 2.05) is 37.3 Å². The zero-order valence-electron chi connectivity index (χ0n) is 19.3. The van der Waals surface area contributed by atoms with Crippen LogP contribution in [0, 0.1) is 6.92 Å². The normalized spacial score (nSPS) is 14.4. The van der Waals surface area contributed by atoms with Gasteiger partial charge in [0.1, 0.15) is 10.7 Å². The number of pyridine rings is 1. The molecule has 0 amide bonds. The second kappa shape index (κ2) is 9.58. The first-order chi connectivity index (χ1) is 17.4. The van der Waals surface area contributed by atoms with Crippen molar-refractivity contribution in [3.05, 3.63) is 86.3 Å². The van der Waals surface area contributed by atoms with E-state index in [0.29, 0.717) is 35.1 Å². The largest absolute Gasteiger partial charge is 0.477 e. The van der Waals surface area contributed by atoms with Gasteiger partial charge in [0.05, 0.1) is 22.3 Å². The minimum Gasteiger partial charge on any atom is -0.477 e. The summed E-state index contributed by atoms with van der Waals surface area (Å²) in [6.07, 6.45) is 1.41. The fourth-order valence-electron chi connectivity index (χ4n) is 4.56. The molecule has 1 aliphatic rings. The zero-order valence-corrected chi connectivity index (χ0v) is 21.6. The number of carboxylic acids is 1. The number of carbonyl (C=O) groups is 1. The molecule has 1 unspecified atom stereocenters. The Morgan fingerprint density at radius 2 is 1.95 bits per heavy atom. The lowest BCUT2D eigenvalue weighted by Crippen LogP contribution is -2.23. The van der Waals surface area contributed by atoms with Crippen LogP contribution in [-0.2, 0) is 6.42 Å². The minimum absolute atomic E-state index is 0. The smallest absolute Gasteiger partial charge is 0.345 e. The van der Waals surface area contributed by atoms with Gasteiger partial charge in [-0.05, 0) is 71.7 Å². The molecule has 37 heavy (non-hydrogen) atoms. The van der Waals surface area contributed by atoms with E-state index in [1.54, 1.807) is 21.4 Å². The number of tetrazole rings is 1. The number of aromatic carboxylic acids is 1. The number of rotatable bonds is 5. The van der Waals surface area contributed by atoms with Crippen molar-refractivity contribution in [3.63, 3.8) is 0 Å². The van der Waals surface area contributed by atoms with Crippen LogP contribution in [0.5, 0.6) is 0 Å². The number of fused-ring (bicyclic) bond motifs is 1. The van der Waals surface area contributed by atoms with E-state index in [2.05, 4.69) is 25.5 Å². The molecule has 5 aromatic rings. The van der Waals surface area contributed by atoms with Crippen molar-refractivity contribution in [3.8, 4) is 27.4 Å². The van der Waals surface area contributed by atoms with Gasteiger partial charge in [-0.1, -0.05) is 23.7 Å². The quantitative estimate of drug-likeness (QED) is 0.325.